The molecule has 4 atom stereocenters. The molecule has 1 aromatic carbocycles. The van der Waals surface area contributed by atoms with Crippen LogP contribution in [0.4, 0.5) is 0 Å². The highest BCUT2D eigenvalue weighted by Gasteiger charge is 2.30. The van der Waals surface area contributed by atoms with Gasteiger partial charge < -0.3 is 5.32 Å². The Hall–Kier alpha value is -1.89. The number of para-hydroxylation sites is 1. The molecule has 1 saturated carbocycles. The van der Waals surface area contributed by atoms with Crippen molar-refractivity contribution in [2.75, 3.05) is 0 Å². The van der Waals surface area contributed by atoms with Crippen LogP contribution in [0.15, 0.2) is 29.4 Å². The number of rotatable bonds is 5. The van der Waals surface area contributed by atoms with Gasteiger partial charge in [-0.3, -0.25) is 4.79 Å². The van der Waals surface area contributed by atoms with Crippen molar-refractivity contribution in [1.82, 2.24) is 25.5 Å². The molecule has 26 heavy (non-hydrogen) atoms. The Morgan fingerprint density at radius 3 is 2.85 bits per heavy atom. The van der Waals surface area contributed by atoms with E-state index in [2.05, 4.69) is 34.7 Å². The van der Waals surface area contributed by atoms with E-state index in [0.29, 0.717) is 17.0 Å². The highest BCUT2D eigenvalue weighted by molar-refractivity contribution is 8.00. The molecule has 1 aliphatic carbocycles. The van der Waals surface area contributed by atoms with Crippen LogP contribution in [0, 0.1) is 18.8 Å². The predicted molar refractivity (Wildman–Crippen MR) is 103 cm³/mol. The van der Waals surface area contributed by atoms with E-state index in [1.807, 2.05) is 38.1 Å². The largest absolute Gasteiger partial charge is 0.352 e. The van der Waals surface area contributed by atoms with Crippen LogP contribution < -0.4 is 5.32 Å². The zero-order valence-corrected chi connectivity index (χ0v) is 16.7. The molecule has 0 bridgehead atoms. The third-order valence-electron chi connectivity index (χ3n) is 5.47. The number of carbonyl (C=O) groups excluding carboxylic acids is 1. The lowest BCUT2D eigenvalue weighted by atomic mass is 9.78. The Bertz CT molecular complexity index is 762. The van der Waals surface area contributed by atoms with Gasteiger partial charge in [0, 0.05) is 6.04 Å². The quantitative estimate of drug-likeness (QED) is 0.813. The number of benzene rings is 1. The van der Waals surface area contributed by atoms with E-state index in [1.165, 1.54) is 24.6 Å². The van der Waals surface area contributed by atoms with Crippen LogP contribution in [0.25, 0.3) is 5.69 Å². The van der Waals surface area contributed by atoms with Crippen LogP contribution in [0.5, 0.6) is 0 Å². The Morgan fingerprint density at radius 2 is 2.08 bits per heavy atom. The number of hydrogen-bond acceptors (Lipinski definition) is 5. The van der Waals surface area contributed by atoms with E-state index in [1.54, 1.807) is 4.68 Å². The molecule has 2 aromatic rings. The lowest BCUT2D eigenvalue weighted by Crippen LogP contribution is -2.46. The van der Waals surface area contributed by atoms with Gasteiger partial charge in [-0.15, -0.1) is 5.10 Å². The minimum absolute atomic E-state index is 0.0558. The number of aromatic nitrogens is 4. The lowest BCUT2D eigenvalue weighted by Gasteiger charge is -2.35. The van der Waals surface area contributed by atoms with Gasteiger partial charge in [0.1, 0.15) is 0 Å². The molecule has 6 nitrogen and oxygen atoms in total. The van der Waals surface area contributed by atoms with Gasteiger partial charge in [-0.05, 0) is 54.2 Å². The molecule has 1 fully saturated rings. The summed E-state index contributed by atoms with van der Waals surface area (Å²) in [5, 5.41) is 15.6. The second-order valence-corrected chi connectivity index (χ2v) is 8.61. The van der Waals surface area contributed by atoms with Crippen molar-refractivity contribution < 1.29 is 4.79 Å². The van der Waals surface area contributed by atoms with Crippen molar-refractivity contribution in [1.29, 1.82) is 0 Å². The first-order valence-electron chi connectivity index (χ1n) is 9.28. The molecule has 0 saturated heterocycles. The fourth-order valence-corrected chi connectivity index (χ4v) is 4.31. The minimum Gasteiger partial charge on any atom is -0.352 e. The molecule has 1 amide bonds. The number of thioether (sulfide) groups is 1. The molecule has 0 unspecified atom stereocenters. The number of aryl methyl sites for hydroxylation is 1. The van der Waals surface area contributed by atoms with E-state index in [-0.39, 0.29) is 17.2 Å². The van der Waals surface area contributed by atoms with E-state index in [4.69, 9.17) is 0 Å². The first-order valence-corrected chi connectivity index (χ1v) is 10.2. The molecule has 3 rings (SSSR count). The topological polar surface area (TPSA) is 72.7 Å². The van der Waals surface area contributed by atoms with Gasteiger partial charge >= 0.3 is 0 Å². The van der Waals surface area contributed by atoms with E-state index < -0.39 is 0 Å². The number of nitrogens with one attached hydrogen (secondary N) is 1. The summed E-state index contributed by atoms with van der Waals surface area (Å²) in [7, 11) is 0. The number of tetrazole rings is 1. The van der Waals surface area contributed by atoms with Gasteiger partial charge in [0.2, 0.25) is 11.1 Å². The van der Waals surface area contributed by atoms with Gasteiger partial charge in [0.05, 0.1) is 10.9 Å². The highest BCUT2D eigenvalue weighted by atomic mass is 32.2. The number of hydrogen-bond donors (Lipinski definition) is 1. The van der Waals surface area contributed by atoms with Crippen LogP contribution in [-0.2, 0) is 4.79 Å². The molecular weight excluding hydrogens is 346 g/mol. The third kappa shape index (κ3) is 4.09. The molecular formula is C19H27N5OS. The summed E-state index contributed by atoms with van der Waals surface area (Å²) in [6.07, 6.45) is 3.50. The average Bonchev–Trinajstić information content (AvgIpc) is 3.07. The Labute approximate surface area is 159 Å². The first-order chi connectivity index (χ1) is 12.5. The maximum atomic E-state index is 12.7. The molecule has 1 heterocycles. The van der Waals surface area contributed by atoms with Gasteiger partial charge in [-0.1, -0.05) is 56.7 Å². The van der Waals surface area contributed by atoms with Gasteiger partial charge in [0.15, 0.2) is 0 Å². The van der Waals surface area contributed by atoms with Crippen molar-refractivity contribution in [3.63, 3.8) is 0 Å². The third-order valence-corrected chi connectivity index (χ3v) is 6.50. The van der Waals surface area contributed by atoms with Crippen molar-refractivity contribution in [3.8, 4) is 5.69 Å². The second kappa shape index (κ2) is 8.20. The molecule has 140 valence electrons. The summed E-state index contributed by atoms with van der Waals surface area (Å²) in [5.74, 6) is 1.23. The van der Waals surface area contributed by atoms with E-state index in [9.17, 15) is 4.79 Å². The predicted octanol–water partition coefficient (Wildman–Crippen LogP) is 3.39. The summed E-state index contributed by atoms with van der Waals surface area (Å²) in [6, 6.07) is 8.21. The maximum absolute atomic E-state index is 12.7. The highest BCUT2D eigenvalue weighted by Crippen LogP contribution is 2.30. The monoisotopic (exact) mass is 373 g/mol. The SMILES string of the molecule is Cc1ccccc1-n1nnnc1S[C@@H](C)C(=O)N[C@@H]1CCC[C@H](C)[C@@H]1C. The van der Waals surface area contributed by atoms with Crippen LogP contribution in [0.3, 0.4) is 0 Å². The normalized spacial score (nSPS) is 24.2. The summed E-state index contributed by atoms with van der Waals surface area (Å²) in [5.41, 5.74) is 2.02. The molecule has 0 spiro atoms. The smallest absolute Gasteiger partial charge is 0.233 e. The zero-order chi connectivity index (χ0) is 18.7. The fourth-order valence-electron chi connectivity index (χ4n) is 3.50. The summed E-state index contributed by atoms with van der Waals surface area (Å²) >= 11 is 1.39. The minimum atomic E-state index is -0.256. The molecule has 0 radical (unpaired) electrons. The van der Waals surface area contributed by atoms with Crippen LogP contribution in [0.1, 0.15) is 45.6 Å². The first kappa shape index (κ1) is 18.9. The maximum Gasteiger partial charge on any atom is 0.233 e. The second-order valence-electron chi connectivity index (χ2n) is 7.30. The van der Waals surface area contributed by atoms with Gasteiger partial charge in [-0.2, -0.15) is 4.68 Å². The van der Waals surface area contributed by atoms with Gasteiger partial charge in [0.25, 0.3) is 0 Å². The number of nitrogens with zero attached hydrogens (tertiary/aromatic N) is 4. The number of amides is 1. The van der Waals surface area contributed by atoms with E-state index in [0.717, 1.165) is 17.7 Å². The number of carbonyl (C=O) groups is 1. The van der Waals surface area contributed by atoms with Crippen molar-refractivity contribution in [2.24, 2.45) is 11.8 Å². The Morgan fingerprint density at radius 1 is 1.31 bits per heavy atom. The standard InChI is InChI=1S/C19H27N5OS/c1-12-9-7-10-16(14(12)3)20-18(25)15(4)26-19-21-22-23-24(19)17-11-6-5-8-13(17)2/h5-6,8,11-12,14-16H,7,9-10H2,1-4H3,(H,20,25)/t12-,14-,15-,16+/m0/s1. The van der Waals surface area contributed by atoms with Crippen LogP contribution in [-0.4, -0.2) is 37.4 Å². The molecule has 0 aliphatic heterocycles. The molecule has 7 heteroatoms. The van der Waals surface area contributed by atoms with E-state index >= 15 is 0 Å². The lowest BCUT2D eigenvalue weighted by molar-refractivity contribution is -0.121. The molecule has 1 aromatic heterocycles. The molecule has 1 aliphatic rings. The Kier molecular flexibility index (Phi) is 5.96. The fraction of sp³-hybridized carbons (Fsp3) is 0.579. The zero-order valence-electron chi connectivity index (χ0n) is 15.8. The average molecular weight is 374 g/mol. The summed E-state index contributed by atoms with van der Waals surface area (Å²) < 4.78 is 1.70. The van der Waals surface area contributed by atoms with Crippen LogP contribution >= 0.6 is 11.8 Å². The molecule has 1 N–H and O–H groups in total. The summed E-state index contributed by atoms with van der Waals surface area (Å²) in [6.45, 7) is 8.45. The van der Waals surface area contributed by atoms with Crippen molar-refractivity contribution in [3.05, 3.63) is 29.8 Å². The van der Waals surface area contributed by atoms with Crippen LogP contribution in [0.2, 0.25) is 0 Å². The summed E-state index contributed by atoms with van der Waals surface area (Å²) in [4.78, 5) is 12.7. The Balaban J connectivity index is 1.67. The van der Waals surface area contributed by atoms with Crippen molar-refractivity contribution >= 4 is 17.7 Å². The van der Waals surface area contributed by atoms with Gasteiger partial charge in [-0.25, -0.2) is 0 Å². The van der Waals surface area contributed by atoms with Crippen molar-refractivity contribution in [2.45, 2.75) is 63.4 Å².